The summed E-state index contributed by atoms with van der Waals surface area (Å²) < 4.78 is 5.60. The standard InChI is InChI=1S/C11H18O2/c1-8(2)11-7-10(4-5-13-11)6-9(3)12/h6,8,11H,4-5,7H2,1-3H3. The second-order valence-corrected chi connectivity index (χ2v) is 4.02. The maximum atomic E-state index is 10.9. The monoisotopic (exact) mass is 182 g/mol. The van der Waals surface area contributed by atoms with Crippen LogP contribution in [0.4, 0.5) is 0 Å². The van der Waals surface area contributed by atoms with Crippen molar-refractivity contribution in [3.05, 3.63) is 11.6 Å². The minimum Gasteiger partial charge on any atom is -0.377 e. The van der Waals surface area contributed by atoms with Crippen molar-refractivity contribution in [1.82, 2.24) is 0 Å². The van der Waals surface area contributed by atoms with Gasteiger partial charge in [-0.25, -0.2) is 0 Å². The lowest BCUT2D eigenvalue weighted by Crippen LogP contribution is -2.25. The van der Waals surface area contributed by atoms with Crippen LogP contribution in [0.5, 0.6) is 0 Å². The Morgan fingerprint density at radius 1 is 1.62 bits per heavy atom. The lowest BCUT2D eigenvalue weighted by Gasteiger charge is -2.27. The quantitative estimate of drug-likeness (QED) is 0.613. The van der Waals surface area contributed by atoms with Crippen LogP contribution in [0.3, 0.4) is 0 Å². The number of rotatable bonds is 2. The minimum atomic E-state index is 0.152. The van der Waals surface area contributed by atoms with E-state index in [9.17, 15) is 4.79 Å². The van der Waals surface area contributed by atoms with E-state index in [1.165, 1.54) is 5.57 Å². The first-order valence-electron chi connectivity index (χ1n) is 4.91. The summed E-state index contributed by atoms with van der Waals surface area (Å²) in [5, 5.41) is 0. The molecule has 2 heteroatoms. The van der Waals surface area contributed by atoms with E-state index in [-0.39, 0.29) is 5.78 Å². The number of ether oxygens (including phenoxy) is 1. The third-order valence-electron chi connectivity index (χ3n) is 2.37. The van der Waals surface area contributed by atoms with Crippen molar-refractivity contribution >= 4 is 5.78 Å². The Labute approximate surface area is 80.0 Å². The van der Waals surface area contributed by atoms with Gasteiger partial charge in [-0.2, -0.15) is 0 Å². The van der Waals surface area contributed by atoms with Crippen LogP contribution in [0.2, 0.25) is 0 Å². The molecular weight excluding hydrogens is 164 g/mol. The van der Waals surface area contributed by atoms with Gasteiger partial charge in [0, 0.05) is 0 Å². The molecule has 1 atom stereocenters. The first kappa shape index (κ1) is 10.5. The molecule has 0 amide bonds. The van der Waals surface area contributed by atoms with Crippen LogP contribution in [-0.4, -0.2) is 18.5 Å². The highest BCUT2D eigenvalue weighted by molar-refractivity contribution is 5.87. The topological polar surface area (TPSA) is 26.3 Å². The molecule has 1 fully saturated rings. The van der Waals surface area contributed by atoms with Gasteiger partial charge in [0.25, 0.3) is 0 Å². The zero-order valence-corrected chi connectivity index (χ0v) is 8.67. The average Bonchev–Trinajstić information content (AvgIpc) is 2.03. The molecule has 13 heavy (non-hydrogen) atoms. The van der Waals surface area contributed by atoms with Gasteiger partial charge in [-0.3, -0.25) is 4.79 Å². The van der Waals surface area contributed by atoms with Gasteiger partial charge < -0.3 is 4.74 Å². The Morgan fingerprint density at radius 3 is 2.85 bits per heavy atom. The molecule has 1 aliphatic rings. The first-order valence-corrected chi connectivity index (χ1v) is 4.91. The second kappa shape index (κ2) is 4.56. The second-order valence-electron chi connectivity index (χ2n) is 4.02. The van der Waals surface area contributed by atoms with Crippen LogP contribution >= 0.6 is 0 Å². The largest absolute Gasteiger partial charge is 0.377 e. The van der Waals surface area contributed by atoms with Crippen LogP contribution < -0.4 is 0 Å². The Morgan fingerprint density at radius 2 is 2.31 bits per heavy atom. The summed E-state index contributed by atoms with van der Waals surface area (Å²) in [5.41, 5.74) is 1.25. The summed E-state index contributed by atoms with van der Waals surface area (Å²) in [6, 6.07) is 0. The highest BCUT2D eigenvalue weighted by Crippen LogP contribution is 2.23. The smallest absolute Gasteiger partial charge is 0.152 e. The molecule has 0 saturated carbocycles. The molecule has 0 N–H and O–H groups in total. The number of hydrogen-bond acceptors (Lipinski definition) is 2. The zero-order valence-electron chi connectivity index (χ0n) is 8.67. The van der Waals surface area contributed by atoms with Crippen LogP contribution in [-0.2, 0) is 9.53 Å². The lowest BCUT2D eigenvalue weighted by molar-refractivity contribution is -0.112. The molecular formula is C11H18O2. The molecule has 1 rings (SSSR count). The summed E-state index contributed by atoms with van der Waals surface area (Å²) in [6.07, 6.45) is 3.91. The van der Waals surface area contributed by atoms with Crippen molar-refractivity contribution in [2.45, 2.75) is 39.7 Å². The van der Waals surface area contributed by atoms with Gasteiger partial charge in [-0.05, 0) is 31.8 Å². The third kappa shape index (κ3) is 3.31. The summed E-state index contributed by atoms with van der Waals surface area (Å²) >= 11 is 0. The summed E-state index contributed by atoms with van der Waals surface area (Å²) in [4.78, 5) is 10.9. The molecule has 0 spiro atoms. The van der Waals surface area contributed by atoms with Gasteiger partial charge in [0.15, 0.2) is 5.78 Å². The van der Waals surface area contributed by atoms with Gasteiger partial charge in [-0.15, -0.1) is 0 Å². The molecule has 0 radical (unpaired) electrons. The maximum Gasteiger partial charge on any atom is 0.152 e. The number of carbonyl (C=O) groups is 1. The molecule has 74 valence electrons. The predicted molar refractivity (Wildman–Crippen MR) is 52.6 cm³/mol. The molecule has 1 aliphatic heterocycles. The minimum absolute atomic E-state index is 0.152. The van der Waals surface area contributed by atoms with Crippen molar-refractivity contribution in [2.24, 2.45) is 5.92 Å². The van der Waals surface area contributed by atoms with Crippen LogP contribution in [0.15, 0.2) is 11.6 Å². The van der Waals surface area contributed by atoms with Gasteiger partial charge >= 0.3 is 0 Å². The van der Waals surface area contributed by atoms with E-state index in [1.807, 2.05) is 0 Å². The molecule has 0 aromatic carbocycles. The summed E-state index contributed by atoms with van der Waals surface area (Å²) in [5.74, 6) is 0.690. The number of allylic oxidation sites excluding steroid dienone is 1. The molecule has 0 aromatic rings. The van der Waals surface area contributed by atoms with Crippen molar-refractivity contribution < 1.29 is 9.53 Å². The Bertz CT molecular complexity index is 216. The Balaban J connectivity index is 2.56. The highest BCUT2D eigenvalue weighted by atomic mass is 16.5. The van der Waals surface area contributed by atoms with Crippen LogP contribution in [0, 0.1) is 5.92 Å². The van der Waals surface area contributed by atoms with Crippen molar-refractivity contribution in [3.63, 3.8) is 0 Å². The maximum absolute atomic E-state index is 10.9. The predicted octanol–water partition coefficient (Wildman–Crippen LogP) is 2.34. The normalized spacial score (nSPS) is 26.8. The zero-order chi connectivity index (χ0) is 9.84. The molecule has 0 aromatic heterocycles. The fraction of sp³-hybridized carbons (Fsp3) is 0.727. The van der Waals surface area contributed by atoms with E-state index >= 15 is 0 Å². The van der Waals surface area contributed by atoms with Crippen molar-refractivity contribution in [3.8, 4) is 0 Å². The SMILES string of the molecule is CC(=O)C=C1CCOC(C(C)C)C1. The van der Waals surface area contributed by atoms with Crippen LogP contribution in [0.25, 0.3) is 0 Å². The van der Waals surface area contributed by atoms with Crippen LogP contribution in [0.1, 0.15) is 33.6 Å². The van der Waals surface area contributed by atoms with Crippen molar-refractivity contribution in [1.29, 1.82) is 0 Å². The van der Waals surface area contributed by atoms with Gasteiger partial charge in [0.1, 0.15) is 0 Å². The van der Waals surface area contributed by atoms with E-state index in [0.717, 1.165) is 19.4 Å². The molecule has 0 bridgehead atoms. The fourth-order valence-corrected chi connectivity index (χ4v) is 1.61. The number of carbonyl (C=O) groups excluding carboxylic acids is 1. The Hall–Kier alpha value is -0.630. The van der Waals surface area contributed by atoms with Gasteiger partial charge in [-0.1, -0.05) is 19.4 Å². The number of ketones is 1. The Kier molecular flexibility index (Phi) is 3.67. The average molecular weight is 182 g/mol. The van der Waals surface area contributed by atoms with E-state index < -0.39 is 0 Å². The number of hydrogen-bond donors (Lipinski definition) is 0. The summed E-state index contributed by atoms with van der Waals surface area (Å²) in [6.45, 7) is 6.68. The lowest BCUT2D eigenvalue weighted by atomic mass is 9.94. The van der Waals surface area contributed by atoms with E-state index in [2.05, 4.69) is 13.8 Å². The summed E-state index contributed by atoms with van der Waals surface area (Å²) in [7, 11) is 0. The molecule has 1 heterocycles. The van der Waals surface area contributed by atoms with E-state index in [4.69, 9.17) is 4.74 Å². The molecule has 1 saturated heterocycles. The molecule has 2 nitrogen and oxygen atoms in total. The van der Waals surface area contributed by atoms with Gasteiger partial charge in [0.2, 0.25) is 0 Å². The third-order valence-corrected chi connectivity index (χ3v) is 2.37. The van der Waals surface area contributed by atoms with E-state index in [0.29, 0.717) is 12.0 Å². The fourth-order valence-electron chi connectivity index (χ4n) is 1.61. The molecule has 1 unspecified atom stereocenters. The first-order chi connectivity index (χ1) is 6.09. The van der Waals surface area contributed by atoms with Crippen molar-refractivity contribution in [2.75, 3.05) is 6.61 Å². The van der Waals surface area contributed by atoms with Gasteiger partial charge in [0.05, 0.1) is 12.7 Å². The molecule has 0 aliphatic carbocycles. The highest BCUT2D eigenvalue weighted by Gasteiger charge is 2.20. The van der Waals surface area contributed by atoms with E-state index in [1.54, 1.807) is 13.0 Å².